The summed E-state index contributed by atoms with van der Waals surface area (Å²) in [7, 11) is 0. The lowest BCUT2D eigenvalue weighted by Crippen LogP contribution is -2.09. The third-order valence-corrected chi connectivity index (χ3v) is 1.40. The predicted molar refractivity (Wildman–Crippen MR) is 48.0 cm³/mol. The molecular formula is C7H8ClN3O. The molecule has 0 saturated carbocycles. The van der Waals surface area contributed by atoms with Crippen molar-refractivity contribution in [2.24, 2.45) is 0 Å². The SMILES string of the molecule is CC(=O)Nc1nc(Cl)ccc1N. The first kappa shape index (κ1) is 8.80. The van der Waals surface area contributed by atoms with Crippen molar-refractivity contribution in [2.45, 2.75) is 6.92 Å². The number of nitrogens with zero attached hydrogens (tertiary/aromatic N) is 1. The zero-order valence-corrected chi connectivity index (χ0v) is 7.22. The molecule has 1 aromatic rings. The lowest BCUT2D eigenvalue weighted by atomic mass is 10.4. The molecule has 4 nitrogen and oxygen atoms in total. The highest BCUT2D eigenvalue weighted by Crippen LogP contribution is 2.17. The van der Waals surface area contributed by atoms with Crippen molar-refractivity contribution >= 4 is 29.0 Å². The minimum atomic E-state index is -0.225. The third kappa shape index (κ3) is 2.10. The minimum Gasteiger partial charge on any atom is -0.396 e. The van der Waals surface area contributed by atoms with Gasteiger partial charge in [-0.05, 0) is 12.1 Å². The maximum absolute atomic E-state index is 10.6. The van der Waals surface area contributed by atoms with Crippen LogP contribution in [0.1, 0.15) is 6.92 Å². The Labute approximate surface area is 74.7 Å². The molecule has 12 heavy (non-hydrogen) atoms. The number of pyridine rings is 1. The standard InChI is InChI=1S/C7H8ClN3O/c1-4(12)10-7-5(9)2-3-6(8)11-7/h2-3H,9H2,1H3,(H,10,11,12). The number of nitrogens with two attached hydrogens (primary N) is 1. The molecule has 5 heteroatoms. The molecular weight excluding hydrogens is 178 g/mol. The number of nitrogen functional groups attached to an aromatic ring is 1. The summed E-state index contributed by atoms with van der Waals surface area (Å²) >= 11 is 5.58. The largest absolute Gasteiger partial charge is 0.396 e. The number of carbonyl (C=O) groups is 1. The van der Waals surface area contributed by atoms with Gasteiger partial charge in [-0.3, -0.25) is 4.79 Å². The Morgan fingerprint density at radius 2 is 2.33 bits per heavy atom. The molecule has 1 heterocycles. The van der Waals surface area contributed by atoms with Crippen LogP contribution >= 0.6 is 11.6 Å². The predicted octanol–water partition coefficient (Wildman–Crippen LogP) is 1.28. The monoisotopic (exact) mass is 185 g/mol. The third-order valence-electron chi connectivity index (χ3n) is 1.19. The van der Waals surface area contributed by atoms with Crippen LogP contribution in [0.5, 0.6) is 0 Å². The van der Waals surface area contributed by atoms with Crippen LogP contribution in [0, 0.1) is 0 Å². The van der Waals surface area contributed by atoms with E-state index in [9.17, 15) is 4.79 Å². The van der Waals surface area contributed by atoms with Gasteiger partial charge in [0.05, 0.1) is 5.69 Å². The Morgan fingerprint density at radius 1 is 1.67 bits per heavy atom. The molecule has 64 valence electrons. The Kier molecular flexibility index (Phi) is 2.50. The number of nitrogens with one attached hydrogen (secondary N) is 1. The van der Waals surface area contributed by atoms with Crippen molar-refractivity contribution in [3.63, 3.8) is 0 Å². The van der Waals surface area contributed by atoms with E-state index in [1.807, 2.05) is 0 Å². The second-order valence-electron chi connectivity index (χ2n) is 2.25. The van der Waals surface area contributed by atoms with Gasteiger partial charge in [-0.1, -0.05) is 11.6 Å². The zero-order valence-electron chi connectivity index (χ0n) is 6.47. The Hall–Kier alpha value is -1.29. The maximum atomic E-state index is 10.6. The number of anilines is 2. The first-order chi connectivity index (χ1) is 5.59. The molecule has 0 aliphatic carbocycles. The van der Waals surface area contributed by atoms with E-state index in [0.29, 0.717) is 16.7 Å². The summed E-state index contributed by atoms with van der Waals surface area (Å²) in [6.45, 7) is 1.38. The molecule has 0 saturated heterocycles. The highest BCUT2D eigenvalue weighted by atomic mass is 35.5. The van der Waals surface area contributed by atoms with Gasteiger partial charge < -0.3 is 11.1 Å². The van der Waals surface area contributed by atoms with Gasteiger partial charge in [0.25, 0.3) is 0 Å². The smallest absolute Gasteiger partial charge is 0.222 e. The number of hydrogen-bond donors (Lipinski definition) is 2. The number of amides is 1. The van der Waals surface area contributed by atoms with Crippen molar-refractivity contribution in [3.8, 4) is 0 Å². The van der Waals surface area contributed by atoms with Crippen LogP contribution in [-0.4, -0.2) is 10.9 Å². The lowest BCUT2D eigenvalue weighted by molar-refractivity contribution is -0.114. The van der Waals surface area contributed by atoms with Crippen LogP contribution in [0.3, 0.4) is 0 Å². The second kappa shape index (κ2) is 3.40. The molecule has 1 amide bonds. The van der Waals surface area contributed by atoms with Gasteiger partial charge in [0.2, 0.25) is 5.91 Å². The Bertz CT molecular complexity index is 314. The molecule has 0 bridgehead atoms. The number of aromatic nitrogens is 1. The zero-order chi connectivity index (χ0) is 9.14. The lowest BCUT2D eigenvalue weighted by Gasteiger charge is -2.03. The summed E-state index contributed by atoms with van der Waals surface area (Å²) in [6.07, 6.45) is 0. The number of halogens is 1. The molecule has 0 aliphatic heterocycles. The molecule has 1 rings (SSSR count). The van der Waals surface area contributed by atoms with Gasteiger partial charge in [-0.2, -0.15) is 0 Å². The molecule has 0 atom stereocenters. The van der Waals surface area contributed by atoms with E-state index in [2.05, 4.69) is 10.3 Å². The summed E-state index contributed by atoms with van der Waals surface area (Å²) in [5.74, 6) is 0.0754. The Balaban J connectivity index is 2.97. The molecule has 0 radical (unpaired) electrons. The highest BCUT2D eigenvalue weighted by Gasteiger charge is 2.02. The first-order valence-electron chi connectivity index (χ1n) is 3.29. The average molecular weight is 186 g/mol. The van der Waals surface area contributed by atoms with Crippen molar-refractivity contribution in [2.75, 3.05) is 11.1 Å². The minimum absolute atomic E-state index is 0.225. The summed E-state index contributed by atoms with van der Waals surface area (Å²) in [6, 6.07) is 3.14. The van der Waals surface area contributed by atoms with Gasteiger partial charge in [0.1, 0.15) is 5.15 Å². The van der Waals surface area contributed by atoms with Crippen molar-refractivity contribution in [3.05, 3.63) is 17.3 Å². The second-order valence-corrected chi connectivity index (χ2v) is 2.64. The van der Waals surface area contributed by atoms with Gasteiger partial charge >= 0.3 is 0 Å². The van der Waals surface area contributed by atoms with Crippen LogP contribution in [0.15, 0.2) is 12.1 Å². The van der Waals surface area contributed by atoms with E-state index in [4.69, 9.17) is 17.3 Å². The number of rotatable bonds is 1. The van der Waals surface area contributed by atoms with E-state index >= 15 is 0 Å². The Morgan fingerprint density at radius 3 is 2.92 bits per heavy atom. The fourth-order valence-corrected chi connectivity index (χ4v) is 0.860. The van der Waals surface area contributed by atoms with Crippen LogP contribution in [-0.2, 0) is 4.79 Å². The van der Waals surface area contributed by atoms with E-state index < -0.39 is 0 Å². The van der Waals surface area contributed by atoms with Gasteiger partial charge in [-0.15, -0.1) is 0 Å². The normalized spacial score (nSPS) is 9.50. The summed E-state index contributed by atoms with van der Waals surface area (Å²) in [4.78, 5) is 14.4. The molecule has 0 aromatic carbocycles. The highest BCUT2D eigenvalue weighted by molar-refractivity contribution is 6.29. The van der Waals surface area contributed by atoms with Gasteiger partial charge in [0.15, 0.2) is 5.82 Å². The topological polar surface area (TPSA) is 68.0 Å². The van der Waals surface area contributed by atoms with Crippen LogP contribution in [0.4, 0.5) is 11.5 Å². The van der Waals surface area contributed by atoms with E-state index in [-0.39, 0.29) is 5.91 Å². The quantitative estimate of drug-likeness (QED) is 0.648. The fourth-order valence-electron chi connectivity index (χ4n) is 0.713. The van der Waals surface area contributed by atoms with Gasteiger partial charge in [0, 0.05) is 6.92 Å². The van der Waals surface area contributed by atoms with Crippen LogP contribution in [0.25, 0.3) is 0 Å². The van der Waals surface area contributed by atoms with E-state index in [1.165, 1.54) is 6.92 Å². The molecule has 0 spiro atoms. The summed E-state index contributed by atoms with van der Waals surface area (Å²) in [5, 5.41) is 2.75. The van der Waals surface area contributed by atoms with Crippen molar-refractivity contribution in [1.82, 2.24) is 4.98 Å². The van der Waals surface area contributed by atoms with Crippen molar-refractivity contribution in [1.29, 1.82) is 0 Å². The fraction of sp³-hybridized carbons (Fsp3) is 0.143. The molecule has 0 fully saturated rings. The summed E-state index contributed by atoms with van der Waals surface area (Å²) < 4.78 is 0. The van der Waals surface area contributed by atoms with Crippen LogP contribution < -0.4 is 11.1 Å². The summed E-state index contributed by atoms with van der Waals surface area (Å²) in [5.41, 5.74) is 5.90. The molecule has 3 N–H and O–H groups in total. The average Bonchev–Trinajstić information content (AvgIpc) is 1.96. The number of hydrogen-bond acceptors (Lipinski definition) is 3. The van der Waals surface area contributed by atoms with E-state index in [0.717, 1.165) is 0 Å². The van der Waals surface area contributed by atoms with Gasteiger partial charge in [-0.25, -0.2) is 4.98 Å². The maximum Gasteiger partial charge on any atom is 0.222 e. The molecule has 1 aromatic heterocycles. The molecule has 0 unspecified atom stereocenters. The number of carbonyl (C=O) groups excluding carboxylic acids is 1. The van der Waals surface area contributed by atoms with Crippen molar-refractivity contribution < 1.29 is 4.79 Å². The molecule has 0 aliphatic rings. The van der Waals surface area contributed by atoms with E-state index in [1.54, 1.807) is 12.1 Å². The first-order valence-corrected chi connectivity index (χ1v) is 3.67. The van der Waals surface area contributed by atoms with Crippen LogP contribution in [0.2, 0.25) is 5.15 Å².